The van der Waals surface area contributed by atoms with Gasteiger partial charge in [-0.1, -0.05) is 0 Å². The molecule has 3 rings (SSSR count). The highest BCUT2D eigenvalue weighted by Crippen LogP contribution is 2.25. The predicted octanol–water partition coefficient (Wildman–Crippen LogP) is -0.0585. The molecule has 7 nitrogen and oxygen atoms in total. The van der Waals surface area contributed by atoms with Gasteiger partial charge in [-0.3, -0.25) is 19.1 Å². The second-order valence-corrected chi connectivity index (χ2v) is 5.13. The van der Waals surface area contributed by atoms with E-state index in [1.807, 2.05) is 25.3 Å². The number of aromatic amines is 1. The van der Waals surface area contributed by atoms with Crippen LogP contribution in [-0.2, 0) is 17.9 Å². The Morgan fingerprint density at radius 2 is 2.10 bits per heavy atom. The Labute approximate surface area is 120 Å². The Kier molecular flexibility index (Phi) is 3.25. The molecule has 1 amide bonds. The average Bonchev–Trinajstić information content (AvgIpc) is 2.91. The van der Waals surface area contributed by atoms with Crippen molar-refractivity contribution < 1.29 is 4.79 Å². The maximum Gasteiger partial charge on any atom is 0.328 e. The molecule has 0 spiro atoms. The maximum atomic E-state index is 12.4. The second-order valence-electron chi connectivity index (χ2n) is 5.13. The van der Waals surface area contributed by atoms with Crippen molar-refractivity contribution in [2.24, 2.45) is 0 Å². The Hall–Kier alpha value is -2.57. The standard InChI is InChI=1S/C14H16N4O3/c1-10-11-3-2-5-16(11)7-8-18(10)13(20)9-17-6-4-12(19)15-14(17)21/h2-6,10H,7-9H2,1H3,(H,15,19,21)/t10-/m1/s1. The van der Waals surface area contributed by atoms with Gasteiger partial charge in [-0.05, 0) is 19.1 Å². The van der Waals surface area contributed by atoms with Gasteiger partial charge >= 0.3 is 5.69 Å². The highest BCUT2D eigenvalue weighted by Gasteiger charge is 2.27. The van der Waals surface area contributed by atoms with E-state index in [9.17, 15) is 14.4 Å². The predicted molar refractivity (Wildman–Crippen MR) is 75.9 cm³/mol. The van der Waals surface area contributed by atoms with E-state index in [0.717, 1.165) is 12.2 Å². The molecule has 21 heavy (non-hydrogen) atoms. The number of hydrogen-bond donors (Lipinski definition) is 1. The molecule has 2 aromatic heterocycles. The van der Waals surface area contributed by atoms with Crippen molar-refractivity contribution in [2.75, 3.05) is 6.54 Å². The molecule has 0 aromatic carbocycles. The molecule has 0 radical (unpaired) electrons. The van der Waals surface area contributed by atoms with E-state index in [2.05, 4.69) is 9.55 Å². The van der Waals surface area contributed by atoms with Crippen LogP contribution in [0.15, 0.2) is 40.2 Å². The monoisotopic (exact) mass is 288 g/mol. The zero-order valence-corrected chi connectivity index (χ0v) is 11.7. The van der Waals surface area contributed by atoms with E-state index in [0.29, 0.717) is 6.54 Å². The summed E-state index contributed by atoms with van der Waals surface area (Å²) in [6.07, 6.45) is 3.34. The first-order valence-corrected chi connectivity index (χ1v) is 6.80. The smallest absolute Gasteiger partial charge is 0.328 e. The normalized spacial score (nSPS) is 17.6. The maximum absolute atomic E-state index is 12.4. The molecule has 110 valence electrons. The van der Waals surface area contributed by atoms with Gasteiger partial charge in [-0.2, -0.15) is 0 Å². The lowest BCUT2D eigenvalue weighted by molar-refractivity contribution is -0.135. The van der Waals surface area contributed by atoms with Crippen LogP contribution < -0.4 is 11.2 Å². The first-order valence-electron chi connectivity index (χ1n) is 6.80. The molecule has 2 aromatic rings. The Morgan fingerprint density at radius 1 is 1.29 bits per heavy atom. The van der Waals surface area contributed by atoms with Crippen molar-refractivity contribution in [3.05, 3.63) is 57.1 Å². The number of aromatic nitrogens is 3. The first kappa shape index (κ1) is 13.4. The number of hydrogen-bond acceptors (Lipinski definition) is 3. The molecule has 1 atom stereocenters. The quantitative estimate of drug-likeness (QED) is 0.841. The Morgan fingerprint density at radius 3 is 2.86 bits per heavy atom. The van der Waals surface area contributed by atoms with Crippen molar-refractivity contribution in [1.29, 1.82) is 0 Å². The molecule has 0 aliphatic carbocycles. The Bertz CT molecular complexity index is 786. The van der Waals surface area contributed by atoms with Crippen molar-refractivity contribution in [3.63, 3.8) is 0 Å². The van der Waals surface area contributed by atoms with E-state index in [1.54, 1.807) is 4.90 Å². The van der Waals surface area contributed by atoms with Gasteiger partial charge in [-0.15, -0.1) is 0 Å². The fourth-order valence-corrected chi connectivity index (χ4v) is 2.72. The van der Waals surface area contributed by atoms with Crippen molar-refractivity contribution in [3.8, 4) is 0 Å². The number of nitrogens with zero attached hydrogens (tertiary/aromatic N) is 3. The first-order chi connectivity index (χ1) is 10.1. The summed E-state index contributed by atoms with van der Waals surface area (Å²) < 4.78 is 3.34. The lowest BCUT2D eigenvalue weighted by Gasteiger charge is -2.35. The van der Waals surface area contributed by atoms with Gasteiger partial charge in [0.15, 0.2) is 0 Å². The molecule has 0 saturated heterocycles. The third-order valence-corrected chi connectivity index (χ3v) is 3.86. The van der Waals surface area contributed by atoms with Crippen LogP contribution in [0, 0.1) is 0 Å². The summed E-state index contributed by atoms with van der Waals surface area (Å²) >= 11 is 0. The van der Waals surface area contributed by atoms with E-state index in [4.69, 9.17) is 0 Å². The zero-order chi connectivity index (χ0) is 15.0. The van der Waals surface area contributed by atoms with Crippen molar-refractivity contribution >= 4 is 5.91 Å². The minimum atomic E-state index is -0.566. The number of fused-ring (bicyclic) bond motifs is 1. The zero-order valence-electron chi connectivity index (χ0n) is 11.7. The van der Waals surface area contributed by atoms with Crippen LogP contribution in [0.25, 0.3) is 0 Å². The minimum Gasteiger partial charge on any atom is -0.348 e. The highest BCUT2D eigenvalue weighted by molar-refractivity contribution is 5.76. The highest BCUT2D eigenvalue weighted by atomic mass is 16.2. The van der Waals surface area contributed by atoms with Gasteiger partial charge in [0, 0.05) is 37.2 Å². The van der Waals surface area contributed by atoms with E-state index < -0.39 is 11.2 Å². The third kappa shape index (κ3) is 2.42. The van der Waals surface area contributed by atoms with Crippen LogP contribution in [0.2, 0.25) is 0 Å². The van der Waals surface area contributed by atoms with Crippen LogP contribution in [0.5, 0.6) is 0 Å². The van der Waals surface area contributed by atoms with E-state index >= 15 is 0 Å². The summed E-state index contributed by atoms with van der Waals surface area (Å²) in [7, 11) is 0. The van der Waals surface area contributed by atoms with Gasteiger partial charge in [-0.25, -0.2) is 4.79 Å². The number of nitrogens with one attached hydrogen (secondary N) is 1. The third-order valence-electron chi connectivity index (χ3n) is 3.86. The number of rotatable bonds is 2. The molecule has 0 saturated carbocycles. The van der Waals surface area contributed by atoms with Gasteiger partial charge < -0.3 is 9.47 Å². The number of carbonyl (C=O) groups excluding carboxylic acids is 1. The van der Waals surface area contributed by atoms with Crippen molar-refractivity contribution in [2.45, 2.75) is 26.1 Å². The molecule has 7 heteroatoms. The number of amides is 1. The molecule has 3 heterocycles. The SMILES string of the molecule is C[C@@H]1c2cccn2CCN1C(=O)Cn1ccc(=O)[nH]c1=O. The fourth-order valence-electron chi connectivity index (χ4n) is 2.72. The summed E-state index contributed by atoms with van der Waals surface area (Å²) in [6, 6.07) is 5.17. The van der Waals surface area contributed by atoms with E-state index in [1.165, 1.54) is 16.8 Å². The van der Waals surface area contributed by atoms with Gasteiger partial charge in [0.05, 0.1) is 6.04 Å². The largest absolute Gasteiger partial charge is 0.348 e. The summed E-state index contributed by atoms with van der Waals surface area (Å²) in [4.78, 5) is 39.0. The van der Waals surface area contributed by atoms with Crippen LogP contribution in [0.3, 0.4) is 0 Å². The lowest BCUT2D eigenvalue weighted by atomic mass is 10.1. The van der Waals surface area contributed by atoms with Gasteiger partial charge in [0.2, 0.25) is 5.91 Å². The molecule has 1 aliphatic heterocycles. The Balaban J connectivity index is 1.80. The minimum absolute atomic E-state index is 0.0280. The summed E-state index contributed by atoms with van der Waals surface area (Å²) in [6.45, 7) is 3.26. The molecular weight excluding hydrogens is 272 g/mol. The number of H-pyrrole nitrogens is 1. The topological polar surface area (TPSA) is 80.1 Å². The van der Waals surface area contributed by atoms with Crippen LogP contribution in [0.1, 0.15) is 18.7 Å². The van der Waals surface area contributed by atoms with Crippen LogP contribution >= 0.6 is 0 Å². The van der Waals surface area contributed by atoms with Crippen LogP contribution in [0.4, 0.5) is 0 Å². The second kappa shape index (κ2) is 5.08. The molecule has 1 N–H and O–H groups in total. The van der Waals surface area contributed by atoms with Gasteiger partial charge in [0.25, 0.3) is 5.56 Å². The molecular formula is C14H16N4O3. The molecule has 0 fully saturated rings. The van der Waals surface area contributed by atoms with Crippen LogP contribution in [-0.4, -0.2) is 31.5 Å². The number of carbonyl (C=O) groups is 1. The van der Waals surface area contributed by atoms with E-state index in [-0.39, 0.29) is 18.5 Å². The summed E-state index contributed by atoms with van der Waals surface area (Å²) in [5, 5.41) is 0. The fraction of sp³-hybridized carbons (Fsp3) is 0.357. The lowest BCUT2D eigenvalue weighted by Crippen LogP contribution is -2.43. The summed E-state index contributed by atoms with van der Waals surface area (Å²) in [5.41, 5.74) is 0.0557. The molecule has 0 unspecified atom stereocenters. The summed E-state index contributed by atoms with van der Waals surface area (Å²) in [5.74, 6) is -0.135. The van der Waals surface area contributed by atoms with Crippen molar-refractivity contribution in [1.82, 2.24) is 19.0 Å². The van der Waals surface area contributed by atoms with Gasteiger partial charge in [0.1, 0.15) is 6.54 Å². The molecule has 1 aliphatic rings. The molecule has 0 bridgehead atoms. The average molecular weight is 288 g/mol.